The molecule has 1 fully saturated rings. The highest BCUT2D eigenvalue weighted by Gasteiger charge is 2.14. The summed E-state index contributed by atoms with van der Waals surface area (Å²) in [6.07, 6.45) is 9.59. The predicted molar refractivity (Wildman–Crippen MR) is 65.2 cm³/mol. The van der Waals surface area contributed by atoms with Crippen LogP contribution in [-0.4, -0.2) is 26.3 Å². The molecule has 2 heteroatoms. The number of unbranched alkanes of at least 4 members (excludes halogenated alkanes) is 5. The Morgan fingerprint density at radius 3 is 2.67 bits per heavy atom. The summed E-state index contributed by atoms with van der Waals surface area (Å²) in [7, 11) is 0. The molecule has 0 spiro atoms. The molecule has 0 aliphatic carbocycles. The van der Waals surface area contributed by atoms with Crippen LogP contribution >= 0.6 is 0 Å². The molecule has 1 saturated heterocycles. The van der Waals surface area contributed by atoms with Gasteiger partial charge in [0.2, 0.25) is 0 Å². The molecule has 1 aliphatic heterocycles. The van der Waals surface area contributed by atoms with Crippen molar-refractivity contribution in [2.45, 2.75) is 51.9 Å². The Balaban J connectivity index is 1.73. The van der Waals surface area contributed by atoms with Gasteiger partial charge >= 0.3 is 0 Å². The normalized spacial score (nSPS) is 21.0. The number of nitrogens with one attached hydrogen (secondary N) is 1. The van der Waals surface area contributed by atoms with Crippen molar-refractivity contribution in [1.82, 2.24) is 5.32 Å². The minimum absolute atomic E-state index is 0.782. The molecule has 90 valence electrons. The molecule has 0 saturated carbocycles. The first kappa shape index (κ1) is 13.0. The van der Waals surface area contributed by atoms with Gasteiger partial charge in [0.25, 0.3) is 0 Å². The smallest absolute Gasteiger partial charge is 0.0507 e. The molecule has 0 aromatic rings. The topological polar surface area (TPSA) is 21.3 Å². The van der Waals surface area contributed by atoms with Crippen LogP contribution in [0.3, 0.4) is 0 Å². The van der Waals surface area contributed by atoms with E-state index >= 15 is 0 Å². The molecule has 1 rings (SSSR count). The number of hydrogen-bond acceptors (Lipinski definition) is 2. The summed E-state index contributed by atoms with van der Waals surface area (Å²) in [4.78, 5) is 0. The van der Waals surface area contributed by atoms with E-state index in [1.807, 2.05) is 0 Å². The molecule has 0 amide bonds. The van der Waals surface area contributed by atoms with Gasteiger partial charge in [0, 0.05) is 13.2 Å². The zero-order chi connectivity index (χ0) is 10.8. The van der Waals surface area contributed by atoms with Gasteiger partial charge < -0.3 is 10.1 Å². The van der Waals surface area contributed by atoms with Gasteiger partial charge in [-0.15, -0.1) is 0 Å². The average molecular weight is 213 g/mol. The lowest BCUT2D eigenvalue weighted by Crippen LogP contribution is -2.23. The van der Waals surface area contributed by atoms with E-state index in [9.17, 15) is 0 Å². The summed E-state index contributed by atoms with van der Waals surface area (Å²) in [5.74, 6) is 0.782. The van der Waals surface area contributed by atoms with E-state index in [1.54, 1.807) is 0 Å². The van der Waals surface area contributed by atoms with E-state index < -0.39 is 0 Å². The van der Waals surface area contributed by atoms with Crippen LogP contribution in [0.5, 0.6) is 0 Å². The SMILES string of the molecule is CCCCCCCCNCC1CCOC1. The molecule has 1 unspecified atom stereocenters. The highest BCUT2D eigenvalue weighted by Crippen LogP contribution is 2.10. The fourth-order valence-electron chi connectivity index (χ4n) is 2.08. The standard InChI is InChI=1S/C13H27NO/c1-2-3-4-5-6-7-9-14-11-13-8-10-15-12-13/h13-14H,2-12H2,1H3. The van der Waals surface area contributed by atoms with Gasteiger partial charge in [-0.1, -0.05) is 39.0 Å². The molecular weight excluding hydrogens is 186 g/mol. The van der Waals surface area contributed by atoms with Gasteiger partial charge in [-0.2, -0.15) is 0 Å². The van der Waals surface area contributed by atoms with E-state index in [0.717, 1.165) is 25.7 Å². The maximum atomic E-state index is 5.34. The lowest BCUT2D eigenvalue weighted by molar-refractivity contribution is 0.185. The molecule has 0 aromatic carbocycles. The average Bonchev–Trinajstić information content (AvgIpc) is 2.75. The summed E-state index contributed by atoms with van der Waals surface area (Å²) in [6, 6.07) is 0. The molecule has 0 radical (unpaired) electrons. The van der Waals surface area contributed by atoms with Crippen LogP contribution in [0, 0.1) is 5.92 Å². The van der Waals surface area contributed by atoms with Crippen LogP contribution in [0.15, 0.2) is 0 Å². The first-order valence-corrected chi connectivity index (χ1v) is 6.72. The molecule has 1 atom stereocenters. The molecule has 1 aliphatic rings. The third-order valence-corrected chi connectivity index (χ3v) is 3.16. The number of hydrogen-bond donors (Lipinski definition) is 1. The van der Waals surface area contributed by atoms with E-state index in [4.69, 9.17) is 4.74 Å². The molecule has 1 heterocycles. The van der Waals surface area contributed by atoms with E-state index in [-0.39, 0.29) is 0 Å². The first-order valence-electron chi connectivity index (χ1n) is 6.72. The quantitative estimate of drug-likeness (QED) is 0.595. The largest absolute Gasteiger partial charge is 0.381 e. The van der Waals surface area contributed by atoms with Crippen LogP contribution in [0.2, 0.25) is 0 Å². The monoisotopic (exact) mass is 213 g/mol. The van der Waals surface area contributed by atoms with Crippen LogP contribution in [0.4, 0.5) is 0 Å². The van der Waals surface area contributed by atoms with Gasteiger partial charge in [-0.3, -0.25) is 0 Å². The van der Waals surface area contributed by atoms with Gasteiger partial charge in [0.1, 0.15) is 0 Å². The predicted octanol–water partition coefficient (Wildman–Crippen LogP) is 2.97. The van der Waals surface area contributed by atoms with E-state index in [0.29, 0.717) is 0 Å². The second-order valence-corrected chi connectivity index (χ2v) is 4.70. The summed E-state index contributed by atoms with van der Waals surface area (Å²) in [5, 5.41) is 3.54. The van der Waals surface area contributed by atoms with Crippen molar-refractivity contribution >= 4 is 0 Å². The highest BCUT2D eigenvalue weighted by molar-refractivity contribution is 4.66. The summed E-state index contributed by atoms with van der Waals surface area (Å²) in [6.45, 7) is 6.58. The Morgan fingerprint density at radius 2 is 1.93 bits per heavy atom. The second kappa shape index (κ2) is 9.17. The maximum absolute atomic E-state index is 5.34. The Labute approximate surface area is 94.8 Å². The van der Waals surface area contributed by atoms with Crippen LogP contribution in [-0.2, 0) is 4.74 Å². The molecule has 15 heavy (non-hydrogen) atoms. The van der Waals surface area contributed by atoms with Crippen molar-refractivity contribution in [3.05, 3.63) is 0 Å². The Morgan fingerprint density at radius 1 is 1.13 bits per heavy atom. The van der Waals surface area contributed by atoms with Crippen molar-refractivity contribution < 1.29 is 4.74 Å². The fourth-order valence-corrected chi connectivity index (χ4v) is 2.08. The van der Waals surface area contributed by atoms with Crippen LogP contribution < -0.4 is 5.32 Å². The van der Waals surface area contributed by atoms with Crippen LogP contribution in [0.25, 0.3) is 0 Å². The maximum Gasteiger partial charge on any atom is 0.0507 e. The molecule has 0 aromatic heterocycles. The summed E-state index contributed by atoms with van der Waals surface area (Å²) >= 11 is 0. The summed E-state index contributed by atoms with van der Waals surface area (Å²) < 4.78 is 5.34. The first-order chi connectivity index (χ1) is 7.43. The number of rotatable bonds is 9. The van der Waals surface area contributed by atoms with Crippen molar-refractivity contribution in [2.75, 3.05) is 26.3 Å². The van der Waals surface area contributed by atoms with Gasteiger partial charge in [0.15, 0.2) is 0 Å². The van der Waals surface area contributed by atoms with Gasteiger partial charge in [-0.25, -0.2) is 0 Å². The van der Waals surface area contributed by atoms with Crippen molar-refractivity contribution in [3.63, 3.8) is 0 Å². The Kier molecular flexibility index (Phi) is 7.94. The van der Waals surface area contributed by atoms with Crippen molar-refractivity contribution in [1.29, 1.82) is 0 Å². The Hall–Kier alpha value is -0.0800. The van der Waals surface area contributed by atoms with Crippen molar-refractivity contribution in [2.24, 2.45) is 5.92 Å². The fraction of sp³-hybridized carbons (Fsp3) is 1.00. The third-order valence-electron chi connectivity index (χ3n) is 3.16. The third kappa shape index (κ3) is 6.91. The molecule has 1 N–H and O–H groups in total. The van der Waals surface area contributed by atoms with Gasteiger partial charge in [0.05, 0.1) is 6.61 Å². The number of ether oxygens (including phenoxy) is 1. The van der Waals surface area contributed by atoms with Crippen molar-refractivity contribution in [3.8, 4) is 0 Å². The Bertz CT molecular complexity index is 132. The molecule has 2 nitrogen and oxygen atoms in total. The molecular formula is C13H27NO. The highest BCUT2D eigenvalue weighted by atomic mass is 16.5. The zero-order valence-corrected chi connectivity index (χ0v) is 10.3. The lowest BCUT2D eigenvalue weighted by atomic mass is 10.1. The van der Waals surface area contributed by atoms with E-state index in [2.05, 4.69) is 12.2 Å². The summed E-state index contributed by atoms with van der Waals surface area (Å²) in [5.41, 5.74) is 0. The zero-order valence-electron chi connectivity index (χ0n) is 10.3. The second-order valence-electron chi connectivity index (χ2n) is 4.70. The van der Waals surface area contributed by atoms with Gasteiger partial charge in [-0.05, 0) is 25.3 Å². The minimum atomic E-state index is 0.782. The molecule has 0 bridgehead atoms. The lowest BCUT2D eigenvalue weighted by Gasteiger charge is -2.08. The van der Waals surface area contributed by atoms with Crippen LogP contribution in [0.1, 0.15) is 51.9 Å². The van der Waals surface area contributed by atoms with E-state index in [1.165, 1.54) is 51.5 Å². The minimum Gasteiger partial charge on any atom is -0.381 e.